The van der Waals surface area contributed by atoms with Crippen LogP contribution in [0.5, 0.6) is 5.75 Å². The number of aliphatic imine (C=N–C) groups is 1. The monoisotopic (exact) mass is 368 g/mol. The lowest BCUT2D eigenvalue weighted by Crippen LogP contribution is -1.98. The fraction of sp³-hybridized carbons (Fsp3) is 0.214. The molecule has 24 heavy (non-hydrogen) atoms. The number of methoxy groups -OCH3 is 1. The SMILES string of the molecule is CCOC(=O)SC1=NC(=Cc2cc([N+](=O)[O-])ccc2OC)C(=O)S1. The molecule has 0 fully saturated rings. The standard InChI is InChI=1S/C14H12N2O6S2/c1-3-22-14(18)24-13-15-10(12(17)23-13)7-8-6-9(16(19)20)4-5-11(8)21-2/h4-7H,3H2,1-2H3. The van der Waals surface area contributed by atoms with Crippen molar-refractivity contribution in [1.82, 2.24) is 0 Å². The smallest absolute Gasteiger partial charge is 0.374 e. The molecule has 0 radical (unpaired) electrons. The van der Waals surface area contributed by atoms with Gasteiger partial charge in [0.25, 0.3) is 5.69 Å². The summed E-state index contributed by atoms with van der Waals surface area (Å²) in [4.78, 5) is 37.8. The summed E-state index contributed by atoms with van der Waals surface area (Å²) >= 11 is 1.52. The van der Waals surface area contributed by atoms with Crippen LogP contribution in [0.2, 0.25) is 0 Å². The first-order chi connectivity index (χ1) is 11.4. The van der Waals surface area contributed by atoms with E-state index in [1.54, 1.807) is 6.92 Å². The molecule has 1 aliphatic rings. The summed E-state index contributed by atoms with van der Waals surface area (Å²) in [7, 11) is 1.42. The molecule has 0 saturated carbocycles. The van der Waals surface area contributed by atoms with E-state index in [0.717, 1.165) is 23.5 Å². The van der Waals surface area contributed by atoms with E-state index in [1.165, 1.54) is 31.4 Å². The maximum absolute atomic E-state index is 12.0. The number of thioether (sulfide) groups is 2. The van der Waals surface area contributed by atoms with Crippen molar-refractivity contribution in [3.8, 4) is 5.75 Å². The highest BCUT2D eigenvalue weighted by Crippen LogP contribution is 2.34. The number of nitrogens with zero attached hydrogens (tertiary/aromatic N) is 2. The van der Waals surface area contributed by atoms with E-state index < -0.39 is 10.2 Å². The van der Waals surface area contributed by atoms with Gasteiger partial charge in [0.15, 0.2) is 0 Å². The van der Waals surface area contributed by atoms with Gasteiger partial charge < -0.3 is 9.47 Å². The summed E-state index contributed by atoms with van der Waals surface area (Å²) in [6.07, 6.45) is 1.39. The molecule has 1 aromatic carbocycles. The highest BCUT2D eigenvalue weighted by Gasteiger charge is 2.26. The van der Waals surface area contributed by atoms with Crippen LogP contribution in [-0.2, 0) is 9.53 Å². The van der Waals surface area contributed by atoms with E-state index in [-0.39, 0.29) is 27.5 Å². The molecule has 0 aromatic heterocycles. The highest BCUT2D eigenvalue weighted by atomic mass is 32.2. The Labute approximate surface area is 145 Å². The molecule has 126 valence electrons. The lowest BCUT2D eigenvalue weighted by molar-refractivity contribution is -0.384. The van der Waals surface area contributed by atoms with Gasteiger partial charge in [-0.3, -0.25) is 14.9 Å². The second kappa shape index (κ2) is 7.97. The number of hydrogen-bond donors (Lipinski definition) is 0. The van der Waals surface area contributed by atoms with Gasteiger partial charge >= 0.3 is 5.30 Å². The third-order valence-corrected chi connectivity index (χ3v) is 4.46. The summed E-state index contributed by atoms with van der Waals surface area (Å²) in [6.45, 7) is 1.90. The maximum Gasteiger partial charge on any atom is 0.374 e. The number of nitro groups is 1. The van der Waals surface area contributed by atoms with E-state index in [0.29, 0.717) is 11.3 Å². The maximum atomic E-state index is 12.0. The van der Waals surface area contributed by atoms with E-state index in [4.69, 9.17) is 9.47 Å². The van der Waals surface area contributed by atoms with Crippen LogP contribution in [-0.4, -0.2) is 33.4 Å². The van der Waals surface area contributed by atoms with Crippen molar-refractivity contribution in [3.05, 3.63) is 39.6 Å². The van der Waals surface area contributed by atoms with Gasteiger partial charge in [0.05, 0.1) is 18.6 Å². The fourth-order valence-electron chi connectivity index (χ4n) is 1.75. The van der Waals surface area contributed by atoms with E-state index in [9.17, 15) is 19.7 Å². The van der Waals surface area contributed by atoms with Crippen LogP contribution < -0.4 is 4.74 Å². The average molecular weight is 368 g/mol. The predicted octanol–water partition coefficient (Wildman–Crippen LogP) is 3.46. The second-order valence-electron chi connectivity index (χ2n) is 4.27. The summed E-state index contributed by atoms with van der Waals surface area (Å²) in [5, 5.41) is 9.96. The Bertz CT molecular complexity index is 760. The zero-order valence-corrected chi connectivity index (χ0v) is 14.3. The molecule has 2 rings (SSSR count). The van der Waals surface area contributed by atoms with Crippen LogP contribution in [0.1, 0.15) is 12.5 Å². The number of hydrogen-bond acceptors (Lipinski definition) is 9. The minimum Gasteiger partial charge on any atom is -0.496 e. The number of non-ortho nitro benzene ring substituents is 1. The number of rotatable bonds is 4. The molecule has 0 spiro atoms. The minimum absolute atomic E-state index is 0.0746. The molecule has 8 nitrogen and oxygen atoms in total. The molecule has 1 heterocycles. The second-order valence-corrected chi connectivity index (χ2v) is 6.41. The van der Waals surface area contributed by atoms with Crippen molar-refractivity contribution in [1.29, 1.82) is 0 Å². The van der Waals surface area contributed by atoms with Crippen molar-refractivity contribution in [2.45, 2.75) is 6.92 Å². The first kappa shape index (κ1) is 18.0. The zero-order valence-electron chi connectivity index (χ0n) is 12.7. The molecule has 1 aromatic rings. The molecule has 0 atom stereocenters. The van der Waals surface area contributed by atoms with Crippen LogP contribution in [0.3, 0.4) is 0 Å². The third kappa shape index (κ3) is 4.36. The third-order valence-electron chi connectivity index (χ3n) is 2.75. The van der Waals surface area contributed by atoms with Crippen molar-refractivity contribution in [2.75, 3.05) is 13.7 Å². The largest absolute Gasteiger partial charge is 0.496 e. The predicted molar refractivity (Wildman–Crippen MR) is 92.3 cm³/mol. The Hall–Kier alpha value is -2.33. The van der Waals surface area contributed by atoms with Gasteiger partial charge in [0.1, 0.15) is 15.8 Å². The number of carbonyl (C=O) groups excluding carboxylic acids is 2. The van der Waals surface area contributed by atoms with Crippen molar-refractivity contribution < 1.29 is 24.0 Å². The fourth-order valence-corrected chi connectivity index (χ4v) is 3.32. The molecular weight excluding hydrogens is 356 g/mol. The summed E-state index contributed by atoms with van der Waals surface area (Å²) in [6, 6.07) is 4.03. The number of carbonyl (C=O) groups is 2. The molecular formula is C14H12N2O6S2. The van der Waals surface area contributed by atoms with E-state index in [2.05, 4.69) is 4.99 Å². The van der Waals surface area contributed by atoms with Crippen LogP contribution >= 0.6 is 23.5 Å². The average Bonchev–Trinajstić information content (AvgIpc) is 2.86. The zero-order chi connectivity index (χ0) is 17.7. The van der Waals surface area contributed by atoms with Crippen LogP contribution in [0, 0.1) is 10.1 Å². The minimum atomic E-state index is -0.550. The van der Waals surface area contributed by atoms with Crippen molar-refractivity contribution >= 4 is 50.1 Å². The van der Waals surface area contributed by atoms with Crippen LogP contribution in [0.15, 0.2) is 28.9 Å². The first-order valence-corrected chi connectivity index (χ1v) is 8.27. The Kier molecular flexibility index (Phi) is 5.99. The molecule has 0 unspecified atom stereocenters. The first-order valence-electron chi connectivity index (χ1n) is 6.64. The summed E-state index contributed by atoms with van der Waals surface area (Å²) < 4.78 is 10.2. The number of benzene rings is 1. The topological polar surface area (TPSA) is 108 Å². The molecule has 0 saturated heterocycles. The Morgan fingerprint density at radius 1 is 1.50 bits per heavy atom. The lowest BCUT2D eigenvalue weighted by atomic mass is 10.1. The van der Waals surface area contributed by atoms with Crippen molar-refractivity contribution in [2.24, 2.45) is 4.99 Å². The van der Waals surface area contributed by atoms with Gasteiger partial charge in [-0.2, -0.15) is 0 Å². The van der Waals surface area contributed by atoms with Crippen LogP contribution in [0.25, 0.3) is 6.08 Å². The van der Waals surface area contributed by atoms with Crippen LogP contribution in [0.4, 0.5) is 10.5 Å². The van der Waals surface area contributed by atoms with Gasteiger partial charge in [0, 0.05) is 29.5 Å². The highest BCUT2D eigenvalue weighted by molar-refractivity contribution is 8.49. The molecule has 0 aliphatic carbocycles. The molecule has 1 aliphatic heterocycles. The molecule has 0 bridgehead atoms. The molecule has 10 heteroatoms. The lowest BCUT2D eigenvalue weighted by Gasteiger charge is -2.04. The van der Waals surface area contributed by atoms with Gasteiger partial charge in [-0.25, -0.2) is 9.79 Å². The van der Waals surface area contributed by atoms with Gasteiger partial charge in [-0.05, 0) is 30.8 Å². The van der Waals surface area contributed by atoms with E-state index in [1.807, 2.05) is 0 Å². The molecule has 0 N–H and O–H groups in total. The number of nitro benzene ring substituents is 1. The van der Waals surface area contributed by atoms with E-state index >= 15 is 0 Å². The normalized spacial score (nSPS) is 15.3. The summed E-state index contributed by atoms with van der Waals surface area (Å²) in [5.41, 5.74) is 0.290. The van der Waals surface area contributed by atoms with Crippen molar-refractivity contribution in [3.63, 3.8) is 0 Å². The van der Waals surface area contributed by atoms with Gasteiger partial charge in [-0.15, -0.1) is 0 Å². The Balaban J connectivity index is 2.31. The van der Waals surface area contributed by atoms with Gasteiger partial charge in [-0.1, -0.05) is 0 Å². The quantitative estimate of drug-likeness (QED) is 0.344. The Morgan fingerprint density at radius 2 is 2.25 bits per heavy atom. The van der Waals surface area contributed by atoms with Gasteiger partial charge in [0.2, 0.25) is 5.12 Å². The Morgan fingerprint density at radius 3 is 2.88 bits per heavy atom. The summed E-state index contributed by atoms with van der Waals surface area (Å²) in [5.74, 6) is 0.368. The number of ether oxygens (including phenoxy) is 2. The molecule has 0 amide bonds.